The van der Waals surface area contributed by atoms with Gasteiger partial charge in [0.05, 0.1) is 0 Å². The van der Waals surface area contributed by atoms with Crippen molar-refractivity contribution in [2.45, 2.75) is 32.8 Å². The maximum atomic E-state index is 5.74. The van der Waals surface area contributed by atoms with Crippen molar-refractivity contribution in [3.05, 3.63) is 17.6 Å². The Morgan fingerprint density at radius 3 is 2.73 bits per heavy atom. The van der Waals surface area contributed by atoms with Crippen LogP contribution >= 0.6 is 0 Å². The first-order valence-corrected chi connectivity index (χ1v) is 5.36. The van der Waals surface area contributed by atoms with E-state index in [4.69, 9.17) is 10.5 Å². The molecule has 1 aliphatic rings. The molecule has 2 rings (SSSR count). The molecule has 82 valence electrons. The lowest BCUT2D eigenvalue weighted by atomic mass is 9.82. The molecular weight excluding hydrogens is 190 g/mol. The summed E-state index contributed by atoms with van der Waals surface area (Å²) in [6.07, 6.45) is 2.41. The third-order valence-electron chi connectivity index (χ3n) is 2.76. The van der Waals surface area contributed by atoms with Crippen LogP contribution < -0.4 is 10.5 Å². The zero-order valence-electron chi connectivity index (χ0n) is 9.23. The van der Waals surface area contributed by atoms with E-state index < -0.39 is 0 Å². The lowest BCUT2D eigenvalue weighted by Crippen LogP contribution is -2.38. The molecule has 0 atom stereocenters. The molecule has 0 aliphatic heterocycles. The number of aryl methyl sites for hydroxylation is 2. The van der Waals surface area contributed by atoms with Gasteiger partial charge in [-0.15, -0.1) is 0 Å². The van der Waals surface area contributed by atoms with E-state index in [2.05, 4.69) is 9.97 Å². The van der Waals surface area contributed by atoms with Crippen LogP contribution in [-0.4, -0.2) is 22.6 Å². The summed E-state index contributed by atoms with van der Waals surface area (Å²) in [6, 6.07) is 1.88. The molecule has 0 amide bonds. The highest BCUT2D eigenvalue weighted by Gasteiger charge is 2.29. The lowest BCUT2D eigenvalue weighted by molar-refractivity contribution is 0.0645. The monoisotopic (exact) mass is 207 g/mol. The van der Waals surface area contributed by atoms with Gasteiger partial charge >= 0.3 is 0 Å². The lowest BCUT2D eigenvalue weighted by Gasteiger charge is -2.34. The highest BCUT2D eigenvalue weighted by Crippen LogP contribution is 2.29. The molecule has 1 fully saturated rings. The van der Waals surface area contributed by atoms with E-state index in [0.29, 0.717) is 17.9 Å². The van der Waals surface area contributed by atoms with Crippen molar-refractivity contribution in [1.82, 2.24) is 9.97 Å². The highest BCUT2D eigenvalue weighted by molar-refractivity contribution is 5.15. The van der Waals surface area contributed by atoms with Gasteiger partial charge in [-0.05, 0) is 39.2 Å². The molecule has 15 heavy (non-hydrogen) atoms. The quantitative estimate of drug-likeness (QED) is 0.809. The third-order valence-corrected chi connectivity index (χ3v) is 2.76. The molecule has 2 N–H and O–H groups in total. The number of hydrogen-bond donors (Lipinski definition) is 1. The van der Waals surface area contributed by atoms with Crippen molar-refractivity contribution in [1.29, 1.82) is 0 Å². The van der Waals surface area contributed by atoms with Crippen LogP contribution in [0.5, 0.6) is 5.88 Å². The molecule has 0 unspecified atom stereocenters. The van der Waals surface area contributed by atoms with Gasteiger partial charge in [-0.3, -0.25) is 0 Å². The van der Waals surface area contributed by atoms with E-state index in [1.54, 1.807) is 0 Å². The van der Waals surface area contributed by atoms with E-state index in [0.717, 1.165) is 30.9 Å². The second kappa shape index (κ2) is 4.14. The number of rotatable bonds is 3. The number of nitrogens with zero attached hydrogens (tertiary/aromatic N) is 2. The van der Waals surface area contributed by atoms with Crippen LogP contribution in [0.4, 0.5) is 0 Å². The highest BCUT2D eigenvalue weighted by atomic mass is 16.5. The van der Waals surface area contributed by atoms with Crippen molar-refractivity contribution in [2.24, 2.45) is 11.7 Å². The summed E-state index contributed by atoms with van der Waals surface area (Å²) >= 11 is 0. The van der Waals surface area contributed by atoms with Crippen LogP contribution in [0.2, 0.25) is 0 Å². The van der Waals surface area contributed by atoms with Gasteiger partial charge in [0, 0.05) is 11.8 Å². The molecule has 1 aliphatic carbocycles. The van der Waals surface area contributed by atoms with E-state index in [9.17, 15) is 0 Å². The Hall–Kier alpha value is -1.16. The van der Waals surface area contributed by atoms with Gasteiger partial charge in [0.25, 0.3) is 0 Å². The second-order valence-corrected chi connectivity index (χ2v) is 4.21. The molecule has 0 spiro atoms. The van der Waals surface area contributed by atoms with Gasteiger partial charge in [-0.25, -0.2) is 4.98 Å². The first-order valence-electron chi connectivity index (χ1n) is 5.36. The van der Waals surface area contributed by atoms with Crippen molar-refractivity contribution in [3.8, 4) is 5.88 Å². The Morgan fingerprint density at radius 1 is 1.40 bits per heavy atom. The van der Waals surface area contributed by atoms with E-state index in [1.807, 2.05) is 19.9 Å². The van der Waals surface area contributed by atoms with Crippen LogP contribution in [0, 0.1) is 19.8 Å². The Morgan fingerprint density at radius 2 is 2.13 bits per heavy atom. The maximum absolute atomic E-state index is 5.74. The third kappa shape index (κ3) is 2.45. The van der Waals surface area contributed by atoms with Gasteiger partial charge in [0.2, 0.25) is 5.88 Å². The SMILES string of the molecule is Cc1cc(OC2CC(CN)C2)nc(C)n1. The molecule has 0 aromatic carbocycles. The average molecular weight is 207 g/mol. The predicted octanol–water partition coefficient (Wildman–Crippen LogP) is 1.21. The number of nitrogens with two attached hydrogens (primary N) is 1. The normalized spacial score (nSPS) is 24.7. The molecule has 1 heterocycles. The topological polar surface area (TPSA) is 61.0 Å². The van der Waals surface area contributed by atoms with Gasteiger partial charge in [0.15, 0.2) is 0 Å². The molecule has 1 aromatic rings. The zero-order chi connectivity index (χ0) is 10.8. The van der Waals surface area contributed by atoms with Gasteiger partial charge < -0.3 is 10.5 Å². The first kappa shape index (κ1) is 10.4. The van der Waals surface area contributed by atoms with Gasteiger partial charge in [-0.1, -0.05) is 0 Å². The van der Waals surface area contributed by atoms with Gasteiger partial charge in [0.1, 0.15) is 11.9 Å². The minimum absolute atomic E-state index is 0.298. The molecule has 0 bridgehead atoms. The predicted molar refractivity (Wildman–Crippen MR) is 57.7 cm³/mol. The van der Waals surface area contributed by atoms with E-state index in [-0.39, 0.29) is 0 Å². The average Bonchev–Trinajstić information content (AvgIpc) is 2.08. The molecule has 4 nitrogen and oxygen atoms in total. The van der Waals surface area contributed by atoms with Crippen molar-refractivity contribution in [2.75, 3.05) is 6.54 Å². The van der Waals surface area contributed by atoms with Crippen LogP contribution in [0.25, 0.3) is 0 Å². The van der Waals surface area contributed by atoms with Crippen LogP contribution in [0.3, 0.4) is 0 Å². The summed E-state index contributed by atoms with van der Waals surface area (Å²) in [5, 5.41) is 0. The largest absolute Gasteiger partial charge is 0.474 e. The second-order valence-electron chi connectivity index (χ2n) is 4.21. The minimum Gasteiger partial charge on any atom is -0.474 e. The summed E-state index contributed by atoms with van der Waals surface area (Å²) in [5.74, 6) is 2.10. The van der Waals surface area contributed by atoms with Crippen LogP contribution in [0.1, 0.15) is 24.4 Å². The van der Waals surface area contributed by atoms with Crippen LogP contribution in [-0.2, 0) is 0 Å². The Bertz CT molecular complexity index is 327. The Labute approximate surface area is 89.9 Å². The summed E-state index contributed by atoms with van der Waals surface area (Å²) in [7, 11) is 0. The Balaban J connectivity index is 1.94. The van der Waals surface area contributed by atoms with Crippen molar-refractivity contribution >= 4 is 0 Å². The Kier molecular flexibility index (Phi) is 2.86. The first-order chi connectivity index (χ1) is 7.17. The summed E-state index contributed by atoms with van der Waals surface area (Å²) in [5.41, 5.74) is 6.51. The van der Waals surface area contributed by atoms with Crippen molar-refractivity contribution in [3.63, 3.8) is 0 Å². The minimum atomic E-state index is 0.298. The standard InChI is InChI=1S/C11H17N3O/c1-7-3-11(14-8(2)13-7)15-10-4-9(5-10)6-12/h3,9-10H,4-6,12H2,1-2H3. The fourth-order valence-electron chi connectivity index (χ4n) is 1.88. The molecule has 1 saturated carbocycles. The molecule has 0 radical (unpaired) electrons. The van der Waals surface area contributed by atoms with Crippen molar-refractivity contribution < 1.29 is 4.74 Å². The van der Waals surface area contributed by atoms with E-state index >= 15 is 0 Å². The molecule has 0 saturated heterocycles. The molecule has 1 aromatic heterocycles. The maximum Gasteiger partial charge on any atom is 0.217 e. The van der Waals surface area contributed by atoms with Crippen LogP contribution in [0.15, 0.2) is 6.07 Å². The molecular formula is C11H17N3O. The summed E-state index contributed by atoms with van der Waals surface area (Å²) in [6.45, 7) is 4.59. The molecule has 4 heteroatoms. The number of aromatic nitrogens is 2. The zero-order valence-corrected chi connectivity index (χ0v) is 9.23. The smallest absolute Gasteiger partial charge is 0.217 e. The number of hydrogen-bond acceptors (Lipinski definition) is 4. The van der Waals surface area contributed by atoms with Gasteiger partial charge in [-0.2, -0.15) is 4.98 Å². The number of ether oxygens (including phenoxy) is 1. The fourth-order valence-corrected chi connectivity index (χ4v) is 1.88. The fraction of sp³-hybridized carbons (Fsp3) is 0.636. The van der Waals surface area contributed by atoms with E-state index in [1.165, 1.54) is 0 Å². The summed E-state index contributed by atoms with van der Waals surface area (Å²) < 4.78 is 5.74. The summed E-state index contributed by atoms with van der Waals surface area (Å²) in [4.78, 5) is 8.45.